The van der Waals surface area contributed by atoms with Crippen molar-refractivity contribution < 1.29 is 0 Å². The monoisotopic (exact) mass is 249 g/mol. The van der Waals surface area contributed by atoms with Crippen molar-refractivity contribution in [2.75, 3.05) is 13.6 Å². The maximum atomic E-state index is 2.48. The van der Waals surface area contributed by atoms with E-state index in [9.17, 15) is 0 Å². The van der Waals surface area contributed by atoms with Gasteiger partial charge in [-0.05, 0) is 48.8 Å². The number of hydrogen-bond acceptors (Lipinski definition) is 3. The Morgan fingerprint density at radius 2 is 2.12 bits per heavy atom. The largest absolute Gasteiger partial charge is 0.292 e. The van der Waals surface area contributed by atoms with Crippen molar-refractivity contribution in [2.45, 2.75) is 18.9 Å². The van der Waals surface area contributed by atoms with Gasteiger partial charge in [-0.1, -0.05) is 6.07 Å². The van der Waals surface area contributed by atoms with E-state index in [1.165, 1.54) is 16.9 Å². The number of nitrogens with zero attached hydrogens (tertiary/aromatic N) is 1. The lowest BCUT2D eigenvalue weighted by molar-refractivity contribution is 0.170. The first-order chi connectivity index (χ1) is 7.73. The molecule has 1 nitrogen and oxygen atoms in total. The highest BCUT2D eigenvalue weighted by Gasteiger charge is 2.39. The first-order valence-corrected chi connectivity index (χ1v) is 7.31. The molecule has 2 aromatic heterocycles. The molecule has 0 saturated carbocycles. The van der Waals surface area contributed by atoms with Gasteiger partial charge in [0, 0.05) is 16.3 Å². The molecule has 1 aliphatic heterocycles. The molecule has 1 unspecified atom stereocenters. The second-order valence-corrected chi connectivity index (χ2v) is 6.43. The first-order valence-electron chi connectivity index (χ1n) is 5.55. The molecule has 2 aromatic rings. The fraction of sp³-hybridized carbons (Fsp3) is 0.385. The van der Waals surface area contributed by atoms with Gasteiger partial charge in [-0.15, -0.1) is 22.7 Å². The molecule has 0 fully saturated rings. The number of fused-ring (bicyclic) bond motifs is 1. The van der Waals surface area contributed by atoms with Gasteiger partial charge in [0.1, 0.15) is 0 Å². The highest BCUT2D eigenvalue weighted by atomic mass is 32.1. The van der Waals surface area contributed by atoms with E-state index in [1.807, 2.05) is 22.7 Å². The molecule has 3 heterocycles. The van der Waals surface area contributed by atoms with E-state index in [0.717, 1.165) is 6.54 Å². The van der Waals surface area contributed by atoms with E-state index in [1.54, 1.807) is 4.88 Å². The van der Waals surface area contributed by atoms with Gasteiger partial charge in [0.25, 0.3) is 0 Å². The first kappa shape index (κ1) is 10.5. The van der Waals surface area contributed by atoms with Crippen molar-refractivity contribution in [3.63, 3.8) is 0 Å². The summed E-state index contributed by atoms with van der Waals surface area (Å²) in [7, 11) is 2.24. The van der Waals surface area contributed by atoms with Crippen LogP contribution in [0.1, 0.15) is 22.2 Å². The van der Waals surface area contributed by atoms with E-state index in [0.29, 0.717) is 0 Å². The Labute approximate surface area is 104 Å². The van der Waals surface area contributed by atoms with E-state index < -0.39 is 0 Å². The minimum atomic E-state index is 0.0851. The third-order valence-electron chi connectivity index (χ3n) is 3.71. The summed E-state index contributed by atoms with van der Waals surface area (Å²) in [6.07, 6.45) is 1.20. The predicted molar refractivity (Wildman–Crippen MR) is 71.4 cm³/mol. The average Bonchev–Trinajstić information content (AvgIpc) is 2.93. The van der Waals surface area contributed by atoms with Crippen LogP contribution in [0.3, 0.4) is 0 Å². The molecule has 0 bridgehead atoms. The molecule has 0 saturated heterocycles. The summed E-state index contributed by atoms with van der Waals surface area (Å²) in [5.41, 5.74) is 1.59. The minimum absolute atomic E-state index is 0.0851. The van der Waals surface area contributed by atoms with Gasteiger partial charge in [0.05, 0.1) is 5.54 Å². The Morgan fingerprint density at radius 1 is 1.25 bits per heavy atom. The quantitative estimate of drug-likeness (QED) is 0.747. The Morgan fingerprint density at radius 3 is 2.88 bits per heavy atom. The second-order valence-electron chi connectivity index (χ2n) is 4.48. The van der Waals surface area contributed by atoms with Gasteiger partial charge in [0.15, 0.2) is 0 Å². The molecule has 0 spiro atoms. The van der Waals surface area contributed by atoms with Crippen LogP contribution in [-0.2, 0) is 12.0 Å². The maximum absolute atomic E-state index is 2.48. The highest BCUT2D eigenvalue weighted by Crippen LogP contribution is 2.43. The van der Waals surface area contributed by atoms with Crippen molar-refractivity contribution in [1.82, 2.24) is 4.90 Å². The molecule has 0 radical (unpaired) electrons. The molecule has 0 aromatic carbocycles. The van der Waals surface area contributed by atoms with Gasteiger partial charge in [-0.3, -0.25) is 4.90 Å². The number of hydrogen-bond donors (Lipinski definition) is 0. The van der Waals surface area contributed by atoms with Crippen LogP contribution in [0, 0.1) is 0 Å². The Bertz CT molecular complexity index is 486. The summed E-state index contributed by atoms with van der Waals surface area (Å²) < 4.78 is 0. The SMILES string of the molecule is CN1CCc2sccc2C1(C)c1cccs1. The zero-order valence-corrected chi connectivity index (χ0v) is 11.2. The van der Waals surface area contributed by atoms with Gasteiger partial charge < -0.3 is 0 Å². The minimum Gasteiger partial charge on any atom is -0.292 e. The van der Waals surface area contributed by atoms with Crippen molar-refractivity contribution in [3.05, 3.63) is 44.3 Å². The van der Waals surface area contributed by atoms with Crippen LogP contribution in [0.15, 0.2) is 29.0 Å². The summed E-state index contributed by atoms with van der Waals surface area (Å²) in [5, 5.41) is 4.41. The molecule has 1 aliphatic rings. The van der Waals surface area contributed by atoms with E-state index in [4.69, 9.17) is 0 Å². The predicted octanol–water partition coefficient (Wildman–Crippen LogP) is 3.56. The van der Waals surface area contributed by atoms with E-state index in [2.05, 4.69) is 47.8 Å². The molecule has 1 atom stereocenters. The molecular formula is C13H15NS2. The van der Waals surface area contributed by atoms with Gasteiger partial charge in [0.2, 0.25) is 0 Å². The summed E-state index contributed by atoms with van der Waals surface area (Å²) in [6.45, 7) is 3.51. The second kappa shape index (κ2) is 3.69. The lowest BCUT2D eigenvalue weighted by atomic mass is 9.85. The summed E-state index contributed by atoms with van der Waals surface area (Å²) in [6, 6.07) is 6.71. The molecule has 0 aliphatic carbocycles. The molecular weight excluding hydrogens is 234 g/mol. The van der Waals surface area contributed by atoms with E-state index >= 15 is 0 Å². The lowest BCUT2D eigenvalue weighted by Crippen LogP contribution is -2.45. The van der Waals surface area contributed by atoms with Crippen LogP contribution in [0.5, 0.6) is 0 Å². The van der Waals surface area contributed by atoms with Gasteiger partial charge in [-0.2, -0.15) is 0 Å². The summed E-state index contributed by atoms with van der Waals surface area (Å²) in [5.74, 6) is 0. The fourth-order valence-corrected chi connectivity index (χ4v) is 4.47. The lowest BCUT2D eigenvalue weighted by Gasteiger charge is -2.42. The van der Waals surface area contributed by atoms with Crippen LogP contribution in [0.25, 0.3) is 0 Å². The number of rotatable bonds is 1. The molecule has 0 N–H and O–H groups in total. The van der Waals surface area contributed by atoms with Gasteiger partial charge >= 0.3 is 0 Å². The van der Waals surface area contributed by atoms with E-state index in [-0.39, 0.29) is 5.54 Å². The molecule has 3 heteroatoms. The van der Waals surface area contributed by atoms with Crippen molar-refractivity contribution in [2.24, 2.45) is 0 Å². The summed E-state index contributed by atoms with van der Waals surface area (Å²) in [4.78, 5) is 5.50. The number of thiophene rings is 2. The highest BCUT2D eigenvalue weighted by molar-refractivity contribution is 7.10. The standard InChI is InChI=1S/C13H15NS2/c1-13(12-4-3-8-16-12)10-6-9-15-11(10)5-7-14(13)2/h3-4,6,8-9H,5,7H2,1-2H3. The average molecular weight is 249 g/mol. The zero-order valence-electron chi connectivity index (χ0n) is 9.56. The van der Waals surface area contributed by atoms with Gasteiger partial charge in [-0.25, -0.2) is 0 Å². The third kappa shape index (κ3) is 1.32. The molecule has 16 heavy (non-hydrogen) atoms. The molecule has 84 valence electrons. The van der Waals surface area contributed by atoms with Crippen LogP contribution >= 0.6 is 22.7 Å². The van der Waals surface area contributed by atoms with Crippen LogP contribution < -0.4 is 0 Å². The van der Waals surface area contributed by atoms with Crippen LogP contribution in [0.2, 0.25) is 0 Å². The Kier molecular flexibility index (Phi) is 2.42. The Hall–Kier alpha value is -0.640. The fourth-order valence-electron chi connectivity index (χ4n) is 2.54. The zero-order chi connectivity index (χ0) is 11.2. The third-order valence-corrected chi connectivity index (χ3v) is 5.77. The van der Waals surface area contributed by atoms with Crippen LogP contribution in [-0.4, -0.2) is 18.5 Å². The molecule has 3 rings (SSSR count). The Balaban J connectivity index is 2.20. The van der Waals surface area contributed by atoms with Crippen molar-refractivity contribution >= 4 is 22.7 Å². The van der Waals surface area contributed by atoms with Crippen LogP contribution in [0.4, 0.5) is 0 Å². The van der Waals surface area contributed by atoms with Crippen molar-refractivity contribution in [3.8, 4) is 0 Å². The van der Waals surface area contributed by atoms with Crippen molar-refractivity contribution in [1.29, 1.82) is 0 Å². The maximum Gasteiger partial charge on any atom is 0.0788 e. The topological polar surface area (TPSA) is 3.24 Å². The molecule has 0 amide bonds. The number of likely N-dealkylation sites (N-methyl/N-ethyl adjacent to an activating group) is 1. The normalized spacial score (nSPS) is 25.6. The summed E-state index contributed by atoms with van der Waals surface area (Å²) >= 11 is 3.77. The smallest absolute Gasteiger partial charge is 0.0788 e.